The monoisotopic (exact) mass is 448 g/mol. The highest BCUT2D eigenvalue weighted by atomic mass is 16.5. The summed E-state index contributed by atoms with van der Waals surface area (Å²) in [6.45, 7) is 4.13. The maximum absolute atomic E-state index is 12.7. The van der Waals surface area contributed by atoms with E-state index >= 15 is 0 Å². The average molecular weight is 449 g/mol. The van der Waals surface area contributed by atoms with Crippen LogP contribution in [-0.4, -0.2) is 24.9 Å². The van der Waals surface area contributed by atoms with E-state index in [1.165, 1.54) is 0 Å². The summed E-state index contributed by atoms with van der Waals surface area (Å²) >= 11 is 0. The van der Waals surface area contributed by atoms with E-state index in [9.17, 15) is 4.91 Å². The van der Waals surface area contributed by atoms with E-state index in [0.717, 1.165) is 66.2 Å². The molecule has 0 atom stereocenters. The van der Waals surface area contributed by atoms with Crippen molar-refractivity contribution in [2.45, 2.75) is 20.4 Å². The SMILES string of the molecule is Cc1noc(C)c1-c1ccc2nc(-c3ccc(C[N+](=O)c4ccc5cc[nH]c5c4)cc3)[nH]c2c1. The molecule has 0 bridgehead atoms. The molecule has 3 aromatic heterocycles. The van der Waals surface area contributed by atoms with Gasteiger partial charge in [0.15, 0.2) is 0 Å². The maximum Gasteiger partial charge on any atom is 0.258 e. The van der Waals surface area contributed by atoms with Crippen LogP contribution in [0.4, 0.5) is 5.69 Å². The first kappa shape index (κ1) is 20.1. The van der Waals surface area contributed by atoms with E-state index in [4.69, 9.17) is 9.51 Å². The van der Waals surface area contributed by atoms with Gasteiger partial charge in [0.1, 0.15) is 11.6 Å². The van der Waals surface area contributed by atoms with Gasteiger partial charge < -0.3 is 14.5 Å². The molecule has 6 aromatic rings. The van der Waals surface area contributed by atoms with Crippen LogP contribution in [0.5, 0.6) is 0 Å². The summed E-state index contributed by atoms with van der Waals surface area (Å²) in [4.78, 5) is 24.0. The van der Waals surface area contributed by atoms with E-state index in [1.807, 2.05) is 80.7 Å². The molecule has 7 nitrogen and oxygen atoms in total. The van der Waals surface area contributed by atoms with Crippen molar-refractivity contribution in [3.8, 4) is 22.5 Å². The van der Waals surface area contributed by atoms with Crippen LogP contribution in [-0.2, 0) is 6.54 Å². The van der Waals surface area contributed by atoms with Crippen LogP contribution in [0.3, 0.4) is 0 Å². The van der Waals surface area contributed by atoms with Crippen LogP contribution in [0.25, 0.3) is 44.5 Å². The quantitative estimate of drug-likeness (QED) is 0.291. The average Bonchev–Trinajstić information content (AvgIpc) is 3.56. The Morgan fingerprint density at radius 1 is 0.912 bits per heavy atom. The molecule has 3 heterocycles. The van der Waals surface area contributed by atoms with E-state index in [-0.39, 0.29) is 6.54 Å². The first-order valence-corrected chi connectivity index (χ1v) is 11.1. The van der Waals surface area contributed by atoms with E-state index in [1.54, 1.807) is 0 Å². The second kappa shape index (κ2) is 7.81. The highest BCUT2D eigenvalue weighted by Crippen LogP contribution is 2.30. The Kier molecular flexibility index (Phi) is 4.62. The molecule has 0 unspecified atom stereocenters. The predicted octanol–water partition coefficient (Wildman–Crippen LogP) is 6.59. The van der Waals surface area contributed by atoms with Crippen molar-refractivity contribution in [2.75, 3.05) is 0 Å². The standard InChI is InChI=1S/C27H22N5O2/c1-16-26(17(2)34-31-16)21-8-10-23-25(13-21)30-27(29-23)20-5-3-18(4-6-20)15-32(33)22-9-7-19-11-12-28-24(19)14-22/h3-14,28H,15H2,1-2H3,(H,29,30)/q+1. The van der Waals surface area contributed by atoms with Crippen molar-refractivity contribution in [3.63, 3.8) is 0 Å². The summed E-state index contributed by atoms with van der Waals surface area (Å²) in [6, 6.07) is 21.7. The number of hydrogen-bond acceptors (Lipinski definition) is 4. The van der Waals surface area contributed by atoms with Gasteiger partial charge in [-0.2, -0.15) is 0 Å². The van der Waals surface area contributed by atoms with Crippen molar-refractivity contribution < 1.29 is 9.28 Å². The summed E-state index contributed by atoms with van der Waals surface area (Å²) in [5, 5.41) is 5.15. The number of aromatic amines is 2. The number of aromatic nitrogens is 4. The molecule has 0 radical (unpaired) electrons. The van der Waals surface area contributed by atoms with Gasteiger partial charge in [0.05, 0.1) is 22.2 Å². The van der Waals surface area contributed by atoms with Crippen LogP contribution in [0.15, 0.2) is 77.4 Å². The third-order valence-corrected chi connectivity index (χ3v) is 6.18. The lowest BCUT2D eigenvalue weighted by molar-refractivity contribution is -0.480. The summed E-state index contributed by atoms with van der Waals surface area (Å²) in [7, 11) is 0. The summed E-state index contributed by atoms with van der Waals surface area (Å²) in [5.74, 6) is 1.58. The molecule has 0 fully saturated rings. The molecule has 0 amide bonds. The Morgan fingerprint density at radius 3 is 2.53 bits per heavy atom. The minimum atomic E-state index is 0.271. The van der Waals surface area contributed by atoms with Crippen LogP contribution in [0.1, 0.15) is 17.0 Å². The number of nitrogens with one attached hydrogen (secondary N) is 2. The molecule has 6 rings (SSSR count). The van der Waals surface area contributed by atoms with Crippen LogP contribution >= 0.6 is 0 Å². The van der Waals surface area contributed by atoms with Crippen molar-refractivity contribution in [1.82, 2.24) is 20.1 Å². The summed E-state index contributed by atoms with van der Waals surface area (Å²) in [5.41, 5.74) is 8.24. The highest BCUT2D eigenvalue weighted by molar-refractivity contribution is 5.85. The molecule has 2 N–H and O–H groups in total. The fraction of sp³-hybridized carbons (Fsp3) is 0.111. The third-order valence-electron chi connectivity index (χ3n) is 6.18. The normalized spacial score (nSPS) is 11.5. The number of rotatable bonds is 5. The molecular formula is C27H22N5O2+. The van der Waals surface area contributed by atoms with Gasteiger partial charge in [0.2, 0.25) is 6.54 Å². The Bertz CT molecular complexity index is 1650. The maximum atomic E-state index is 12.7. The molecule has 0 saturated carbocycles. The molecule has 3 aromatic carbocycles. The lowest BCUT2D eigenvalue weighted by Crippen LogP contribution is -2.01. The van der Waals surface area contributed by atoms with Gasteiger partial charge in [-0.25, -0.2) is 4.98 Å². The van der Waals surface area contributed by atoms with Gasteiger partial charge in [0, 0.05) is 44.7 Å². The molecule has 0 spiro atoms. The predicted molar refractivity (Wildman–Crippen MR) is 132 cm³/mol. The number of imidazole rings is 1. The molecular weight excluding hydrogens is 426 g/mol. The lowest BCUT2D eigenvalue weighted by atomic mass is 10.0. The number of nitroso groups, excluding NO2 is 1. The first-order valence-electron chi connectivity index (χ1n) is 11.1. The third kappa shape index (κ3) is 3.47. The van der Waals surface area contributed by atoms with E-state index in [0.29, 0.717) is 5.69 Å². The number of fused-ring (bicyclic) bond motifs is 2. The van der Waals surface area contributed by atoms with Gasteiger partial charge in [-0.05, 0) is 49.1 Å². The van der Waals surface area contributed by atoms with Gasteiger partial charge in [0.25, 0.3) is 5.69 Å². The molecule has 7 heteroatoms. The largest absolute Gasteiger partial charge is 0.361 e. The minimum absolute atomic E-state index is 0.271. The van der Waals surface area contributed by atoms with E-state index in [2.05, 4.69) is 21.2 Å². The Hall–Kier alpha value is -4.52. The Balaban J connectivity index is 1.24. The zero-order chi connectivity index (χ0) is 23.2. The zero-order valence-corrected chi connectivity index (χ0v) is 18.8. The fourth-order valence-electron chi connectivity index (χ4n) is 4.41. The van der Waals surface area contributed by atoms with Crippen LogP contribution in [0.2, 0.25) is 0 Å². The topological polar surface area (TPSA) is 90.6 Å². The first-order chi connectivity index (χ1) is 16.5. The van der Waals surface area contributed by atoms with Crippen molar-refractivity contribution >= 4 is 27.6 Å². The smallest absolute Gasteiger partial charge is 0.258 e. The van der Waals surface area contributed by atoms with Crippen molar-refractivity contribution in [1.29, 1.82) is 0 Å². The molecule has 34 heavy (non-hydrogen) atoms. The Morgan fingerprint density at radius 2 is 1.74 bits per heavy atom. The van der Waals surface area contributed by atoms with E-state index < -0.39 is 0 Å². The number of aryl methyl sites for hydroxylation is 2. The fourth-order valence-corrected chi connectivity index (χ4v) is 4.41. The van der Waals surface area contributed by atoms with Gasteiger partial charge in [-0.1, -0.05) is 35.5 Å². The van der Waals surface area contributed by atoms with Gasteiger partial charge >= 0.3 is 0 Å². The number of nitrogens with zero attached hydrogens (tertiary/aromatic N) is 3. The highest BCUT2D eigenvalue weighted by Gasteiger charge is 2.16. The molecule has 166 valence electrons. The van der Waals surface area contributed by atoms with Crippen molar-refractivity contribution in [3.05, 3.63) is 94.9 Å². The molecule has 0 aliphatic carbocycles. The number of H-pyrrole nitrogens is 2. The zero-order valence-electron chi connectivity index (χ0n) is 18.8. The van der Waals surface area contributed by atoms with Gasteiger partial charge in [-0.3, -0.25) is 0 Å². The Labute approximate surface area is 195 Å². The summed E-state index contributed by atoms with van der Waals surface area (Å²) < 4.78 is 6.32. The second-order valence-corrected chi connectivity index (χ2v) is 8.50. The lowest BCUT2D eigenvalue weighted by Gasteiger charge is -2.00. The second-order valence-electron chi connectivity index (χ2n) is 8.50. The number of hydrogen-bond donors (Lipinski definition) is 2. The number of benzene rings is 3. The van der Waals surface area contributed by atoms with Crippen LogP contribution < -0.4 is 0 Å². The van der Waals surface area contributed by atoms with Gasteiger partial charge in [-0.15, -0.1) is 0 Å². The summed E-state index contributed by atoms with van der Waals surface area (Å²) in [6.07, 6.45) is 1.87. The minimum Gasteiger partial charge on any atom is -0.361 e. The van der Waals surface area contributed by atoms with Crippen LogP contribution in [0, 0.1) is 18.8 Å². The van der Waals surface area contributed by atoms with Crippen molar-refractivity contribution in [2.24, 2.45) is 0 Å². The molecule has 0 saturated heterocycles. The molecule has 0 aliphatic heterocycles. The molecule has 0 aliphatic rings.